The predicted octanol–water partition coefficient (Wildman–Crippen LogP) is 3.30. The van der Waals surface area contributed by atoms with Crippen molar-refractivity contribution < 1.29 is 13.9 Å². The topological polar surface area (TPSA) is 76.1 Å². The lowest BCUT2D eigenvalue weighted by molar-refractivity contribution is 0.0562. The number of benzene rings is 1. The molecule has 2 rings (SSSR count). The van der Waals surface area contributed by atoms with Crippen molar-refractivity contribution in [1.82, 2.24) is 4.98 Å². The van der Waals surface area contributed by atoms with Crippen molar-refractivity contribution in [1.29, 1.82) is 5.26 Å². The quantitative estimate of drug-likeness (QED) is 0.791. The number of carbonyl (C=O) groups is 1. The van der Waals surface area contributed by atoms with E-state index >= 15 is 0 Å². The Balaban J connectivity index is 2.59. The molecule has 108 valence electrons. The second kappa shape index (κ2) is 5.41. The van der Waals surface area contributed by atoms with Gasteiger partial charge in [-0.25, -0.2) is 9.78 Å². The van der Waals surface area contributed by atoms with Crippen LogP contribution in [0.5, 0.6) is 0 Å². The molecule has 0 saturated heterocycles. The number of ether oxygens (including phenoxy) is 1. The van der Waals surface area contributed by atoms with Crippen LogP contribution in [-0.4, -0.2) is 18.1 Å². The van der Waals surface area contributed by atoms with Crippen LogP contribution in [0.2, 0.25) is 0 Å². The molecule has 0 saturated carbocycles. The average Bonchev–Trinajstić information content (AvgIpc) is 2.92. The summed E-state index contributed by atoms with van der Waals surface area (Å²) >= 11 is 0. The highest BCUT2D eigenvalue weighted by molar-refractivity contribution is 5.88. The second-order valence-electron chi connectivity index (χ2n) is 5.63. The fourth-order valence-corrected chi connectivity index (χ4v) is 1.90. The van der Waals surface area contributed by atoms with E-state index in [1.54, 1.807) is 24.3 Å². The summed E-state index contributed by atoms with van der Waals surface area (Å²) in [5, 5.41) is 8.95. The maximum absolute atomic E-state index is 11.8. The van der Waals surface area contributed by atoms with Crippen LogP contribution in [0.4, 0.5) is 0 Å². The van der Waals surface area contributed by atoms with Gasteiger partial charge in [-0.1, -0.05) is 26.8 Å². The number of nitrogens with zero attached hydrogens (tertiary/aromatic N) is 2. The summed E-state index contributed by atoms with van der Waals surface area (Å²) in [6.45, 7) is 5.81. The third-order valence-corrected chi connectivity index (χ3v) is 2.95. The number of esters is 1. The van der Waals surface area contributed by atoms with Crippen LogP contribution in [0, 0.1) is 11.3 Å². The van der Waals surface area contributed by atoms with Gasteiger partial charge < -0.3 is 9.15 Å². The van der Waals surface area contributed by atoms with E-state index in [2.05, 4.69) is 11.1 Å². The Kier molecular flexibility index (Phi) is 3.81. The molecule has 0 amide bonds. The van der Waals surface area contributed by atoms with E-state index in [1.165, 1.54) is 7.11 Å². The van der Waals surface area contributed by atoms with Gasteiger partial charge in [0.1, 0.15) is 5.69 Å². The molecule has 1 aromatic heterocycles. The van der Waals surface area contributed by atoms with Gasteiger partial charge in [0.15, 0.2) is 0 Å². The number of rotatable bonds is 2. The van der Waals surface area contributed by atoms with Crippen molar-refractivity contribution in [3.05, 3.63) is 41.3 Å². The van der Waals surface area contributed by atoms with Crippen LogP contribution in [0.3, 0.4) is 0 Å². The number of oxazole rings is 1. The van der Waals surface area contributed by atoms with E-state index in [0.717, 1.165) is 0 Å². The van der Waals surface area contributed by atoms with Crippen molar-refractivity contribution in [2.24, 2.45) is 0 Å². The number of hydrogen-bond acceptors (Lipinski definition) is 5. The maximum Gasteiger partial charge on any atom is 0.376 e. The lowest BCUT2D eigenvalue weighted by Crippen LogP contribution is -2.17. The van der Waals surface area contributed by atoms with Gasteiger partial charge in [-0.05, 0) is 18.2 Å². The molecule has 1 aromatic carbocycles. The van der Waals surface area contributed by atoms with Gasteiger partial charge >= 0.3 is 5.97 Å². The molecule has 0 N–H and O–H groups in total. The summed E-state index contributed by atoms with van der Waals surface area (Å²) < 4.78 is 10.3. The van der Waals surface area contributed by atoms with Gasteiger partial charge in [-0.3, -0.25) is 0 Å². The molecular weight excluding hydrogens is 268 g/mol. The summed E-state index contributed by atoms with van der Waals surface area (Å²) in [5.41, 5.74) is 1.32. The zero-order valence-electron chi connectivity index (χ0n) is 12.4. The van der Waals surface area contributed by atoms with Crippen molar-refractivity contribution in [3.8, 4) is 17.5 Å². The monoisotopic (exact) mass is 284 g/mol. The van der Waals surface area contributed by atoms with Gasteiger partial charge in [0.05, 0.1) is 18.7 Å². The molecule has 0 spiro atoms. The maximum atomic E-state index is 11.8. The molecule has 21 heavy (non-hydrogen) atoms. The molecule has 2 aromatic rings. The minimum atomic E-state index is -0.560. The highest BCUT2D eigenvalue weighted by atomic mass is 16.5. The zero-order chi connectivity index (χ0) is 15.6. The van der Waals surface area contributed by atoms with Crippen molar-refractivity contribution in [2.45, 2.75) is 26.2 Å². The van der Waals surface area contributed by atoms with E-state index in [1.807, 2.05) is 20.8 Å². The van der Waals surface area contributed by atoms with Gasteiger partial charge in [-0.15, -0.1) is 0 Å². The molecular formula is C16H16N2O3. The van der Waals surface area contributed by atoms with E-state index in [9.17, 15) is 4.79 Å². The van der Waals surface area contributed by atoms with Gasteiger partial charge in [0.2, 0.25) is 11.7 Å². The molecule has 0 aliphatic carbocycles. The molecule has 0 aliphatic rings. The summed E-state index contributed by atoms with van der Waals surface area (Å²) in [5.74, 6) is -0.158. The lowest BCUT2D eigenvalue weighted by Gasteiger charge is -2.15. The molecule has 0 aliphatic heterocycles. The third-order valence-electron chi connectivity index (χ3n) is 2.95. The highest BCUT2D eigenvalue weighted by Gasteiger charge is 2.29. The smallest absolute Gasteiger partial charge is 0.376 e. The van der Waals surface area contributed by atoms with Crippen LogP contribution in [0.25, 0.3) is 11.5 Å². The highest BCUT2D eigenvalue weighted by Crippen LogP contribution is 2.30. The minimum absolute atomic E-state index is 0.0994. The Hall–Kier alpha value is -2.61. The standard InChI is InChI=1S/C16H16N2O3/c1-16(2,3)13-12(15(19)20-4)21-14(18-13)11-7-5-6-10(8-11)9-17/h5-8H,1-4H3. The Bertz CT molecular complexity index is 718. The first-order chi connectivity index (χ1) is 9.86. The number of nitriles is 1. The fourth-order valence-electron chi connectivity index (χ4n) is 1.90. The second-order valence-corrected chi connectivity index (χ2v) is 5.63. The average molecular weight is 284 g/mol. The first kappa shape index (κ1) is 14.8. The fraction of sp³-hybridized carbons (Fsp3) is 0.312. The predicted molar refractivity (Wildman–Crippen MR) is 76.7 cm³/mol. The van der Waals surface area contributed by atoms with Crippen LogP contribution < -0.4 is 0 Å². The van der Waals surface area contributed by atoms with Crippen molar-refractivity contribution >= 4 is 5.97 Å². The molecule has 0 unspecified atom stereocenters. The number of methoxy groups -OCH3 is 1. The van der Waals surface area contributed by atoms with Crippen LogP contribution in [0.1, 0.15) is 42.6 Å². The first-order valence-electron chi connectivity index (χ1n) is 6.47. The Morgan fingerprint density at radius 1 is 1.38 bits per heavy atom. The van der Waals surface area contributed by atoms with Gasteiger partial charge in [0, 0.05) is 11.0 Å². The molecule has 1 heterocycles. The van der Waals surface area contributed by atoms with Crippen LogP contribution in [-0.2, 0) is 10.2 Å². The summed E-state index contributed by atoms with van der Waals surface area (Å²) in [7, 11) is 1.30. The van der Waals surface area contributed by atoms with E-state index < -0.39 is 5.97 Å². The molecule has 0 bridgehead atoms. The summed E-state index contributed by atoms with van der Waals surface area (Å²) in [4.78, 5) is 16.3. The lowest BCUT2D eigenvalue weighted by atomic mass is 9.91. The van der Waals surface area contributed by atoms with E-state index in [4.69, 9.17) is 14.4 Å². The molecule has 5 nitrogen and oxygen atoms in total. The molecule has 0 atom stereocenters. The normalized spacial score (nSPS) is 11.0. The summed E-state index contributed by atoms with van der Waals surface area (Å²) in [6.07, 6.45) is 0. The number of aromatic nitrogens is 1. The van der Waals surface area contributed by atoms with Crippen molar-refractivity contribution in [2.75, 3.05) is 7.11 Å². The minimum Gasteiger partial charge on any atom is -0.463 e. The molecule has 5 heteroatoms. The third kappa shape index (κ3) is 2.95. The molecule has 0 radical (unpaired) electrons. The Morgan fingerprint density at radius 3 is 2.67 bits per heavy atom. The van der Waals surface area contributed by atoms with E-state index in [0.29, 0.717) is 22.7 Å². The number of carbonyl (C=O) groups excluding carboxylic acids is 1. The Labute approximate surface area is 123 Å². The van der Waals surface area contributed by atoms with Crippen molar-refractivity contribution in [3.63, 3.8) is 0 Å². The van der Waals surface area contributed by atoms with Gasteiger partial charge in [0.25, 0.3) is 0 Å². The zero-order valence-corrected chi connectivity index (χ0v) is 12.4. The first-order valence-corrected chi connectivity index (χ1v) is 6.47. The SMILES string of the molecule is COC(=O)c1oc(-c2cccc(C#N)c2)nc1C(C)(C)C. The Morgan fingerprint density at radius 2 is 2.10 bits per heavy atom. The summed E-state index contributed by atoms with van der Waals surface area (Å²) in [6, 6.07) is 8.94. The van der Waals surface area contributed by atoms with Gasteiger partial charge in [-0.2, -0.15) is 5.26 Å². The largest absolute Gasteiger partial charge is 0.463 e. The van der Waals surface area contributed by atoms with Crippen LogP contribution >= 0.6 is 0 Å². The van der Waals surface area contributed by atoms with Crippen LogP contribution in [0.15, 0.2) is 28.7 Å². The molecule has 0 fully saturated rings. The van der Waals surface area contributed by atoms with E-state index in [-0.39, 0.29) is 11.2 Å². The number of hydrogen-bond donors (Lipinski definition) is 0.